The highest BCUT2D eigenvalue weighted by molar-refractivity contribution is 6.04. The maximum absolute atomic E-state index is 13.0. The minimum atomic E-state index is -4.66. The summed E-state index contributed by atoms with van der Waals surface area (Å²) in [5.74, 6) is -0.183. The van der Waals surface area contributed by atoms with Gasteiger partial charge in [0.05, 0.1) is 25.5 Å². The van der Waals surface area contributed by atoms with E-state index in [1.54, 1.807) is 25.3 Å². The Balaban J connectivity index is 1.66. The predicted octanol–water partition coefficient (Wildman–Crippen LogP) is 4.00. The molecule has 0 saturated carbocycles. The number of rotatable bonds is 8. The van der Waals surface area contributed by atoms with Crippen molar-refractivity contribution in [3.05, 3.63) is 71.2 Å². The van der Waals surface area contributed by atoms with Crippen molar-refractivity contribution in [3.8, 4) is 11.1 Å². The van der Waals surface area contributed by atoms with E-state index in [9.17, 15) is 23.1 Å². The van der Waals surface area contributed by atoms with Crippen molar-refractivity contribution in [2.24, 2.45) is 0 Å². The van der Waals surface area contributed by atoms with Crippen LogP contribution in [0.25, 0.3) is 11.1 Å². The van der Waals surface area contributed by atoms with Crippen molar-refractivity contribution in [1.82, 2.24) is 9.97 Å². The Kier molecular flexibility index (Phi) is 7.25. The van der Waals surface area contributed by atoms with Gasteiger partial charge in [0, 0.05) is 36.7 Å². The molecule has 3 aromatic rings. The number of halogens is 3. The quantitative estimate of drug-likeness (QED) is 0.428. The number of carbonyl (C=O) groups excluding carboxylic acids is 1. The zero-order valence-corrected chi connectivity index (χ0v) is 19.6. The predicted molar refractivity (Wildman–Crippen MR) is 127 cm³/mol. The van der Waals surface area contributed by atoms with E-state index in [1.165, 1.54) is 6.07 Å². The smallest absolute Gasteiger partial charge is 0.395 e. The number of nitrogens with one attached hydrogen (secondary N) is 2. The molecule has 190 valence electrons. The van der Waals surface area contributed by atoms with Gasteiger partial charge in [-0.2, -0.15) is 13.2 Å². The molecule has 0 bridgehead atoms. The first-order valence-electron chi connectivity index (χ1n) is 11.1. The van der Waals surface area contributed by atoms with Crippen LogP contribution >= 0.6 is 0 Å². The number of hydrogen-bond donors (Lipinski definition) is 3. The van der Waals surface area contributed by atoms with Crippen molar-refractivity contribution < 1.29 is 32.5 Å². The molecule has 1 fully saturated rings. The van der Waals surface area contributed by atoms with Gasteiger partial charge in [-0.05, 0) is 54.4 Å². The van der Waals surface area contributed by atoms with E-state index in [1.807, 2.05) is 19.1 Å². The van der Waals surface area contributed by atoms with Crippen LogP contribution in [0.1, 0.15) is 27.3 Å². The van der Waals surface area contributed by atoms with E-state index < -0.39 is 23.4 Å². The number of carbonyl (C=O) groups is 1. The van der Waals surface area contributed by atoms with Gasteiger partial charge in [0.25, 0.3) is 5.91 Å². The van der Waals surface area contributed by atoms with Crippen LogP contribution in [0.5, 0.6) is 0 Å². The molecular weight excluding hydrogens is 477 g/mol. The number of anilines is 2. The molecule has 1 aliphatic heterocycles. The molecule has 0 atom stereocenters. The van der Waals surface area contributed by atoms with E-state index in [2.05, 4.69) is 15.6 Å². The lowest BCUT2D eigenvalue weighted by Crippen LogP contribution is -2.48. The average molecular weight is 502 g/mol. The number of pyridine rings is 2. The van der Waals surface area contributed by atoms with Gasteiger partial charge in [-0.15, -0.1) is 0 Å². The van der Waals surface area contributed by atoms with Crippen LogP contribution in [0.2, 0.25) is 0 Å². The summed E-state index contributed by atoms with van der Waals surface area (Å²) in [5, 5.41) is 15.1. The minimum absolute atomic E-state index is 0.106. The number of aliphatic hydroxyl groups excluding tert-OH is 1. The lowest BCUT2D eigenvalue weighted by molar-refractivity contribution is -0.204. The molecule has 0 unspecified atom stereocenters. The molecule has 1 saturated heterocycles. The zero-order valence-electron chi connectivity index (χ0n) is 19.6. The Bertz CT molecular complexity index is 1260. The van der Waals surface area contributed by atoms with Gasteiger partial charge in [-0.3, -0.25) is 9.78 Å². The number of methoxy groups -OCH3 is 1. The third-order valence-corrected chi connectivity index (χ3v) is 5.93. The topological polar surface area (TPSA) is 106 Å². The van der Waals surface area contributed by atoms with Gasteiger partial charge >= 0.3 is 6.18 Å². The Morgan fingerprint density at radius 1 is 1.17 bits per heavy atom. The van der Waals surface area contributed by atoms with E-state index in [4.69, 9.17) is 14.5 Å². The van der Waals surface area contributed by atoms with Crippen LogP contribution < -0.4 is 10.6 Å². The molecule has 0 radical (unpaired) electrons. The van der Waals surface area contributed by atoms with Gasteiger partial charge in [0.1, 0.15) is 11.5 Å². The van der Waals surface area contributed by atoms with E-state index in [-0.39, 0.29) is 18.7 Å². The standard InChI is InChI=1S/C25H25F3N4O4/c1-15-3-4-17(31-23(34)16-7-8-29-21(11-16)25(26,27)28)12-19(15)18-5-6-20(24(35-2)13-36-14-24)32-22(18)30-9-10-33/h3-8,11-12,33H,9-10,13-14H2,1-2H3,(H,30,32)(H,31,34). The van der Waals surface area contributed by atoms with Gasteiger partial charge in [0.2, 0.25) is 0 Å². The monoisotopic (exact) mass is 502 g/mol. The highest BCUT2D eigenvalue weighted by Gasteiger charge is 2.42. The van der Waals surface area contributed by atoms with E-state index in [0.29, 0.717) is 36.5 Å². The second-order valence-electron chi connectivity index (χ2n) is 8.35. The van der Waals surface area contributed by atoms with Crippen LogP contribution in [0, 0.1) is 6.92 Å². The number of nitrogens with zero attached hydrogens (tertiary/aromatic N) is 2. The van der Waals surface area contributed by atoms with Crippen molar-refractivity contribution in [2.75, 3.05) is 44.1 Å². The van der Waals surface area contributed by atoms with Gasteiger partial charge < -0.3 is 25.2 Å². The number of ether oxygens (including phenoxy) is 2. The number of aliphatic hydroxyl groups is 1. The molecule has 0 spiro atoms. The van der Waals surface area contributed by atoms with Gasteiger partial charge in [0.15, 0.2) is 5.60 Å². The highest BCUT2D eigenvalue weighted by atomic mass is 19.4. The molecule has 1 aliphatic rings. The summed E-state index contributed by atoms with van der Waals surface area (Å²) >= 11 is 0. The molecule has 11 heteroatoms. The molecule has 36 heavy (non-hydrogen) atoms. The third-order valence-electron chi connectivity index (χ3n) is 5.93. The SMILES string of the molecule is COC1(c2ccc(-c3cc(NC(=O)c4ccnc(C(F)(F)F)c4)ccc3C)c(NCCO)n2)COC1. The Labute approximate surface area is 205 Å². The zero-order chi connectivity index (χ0) is 25.9. The first-order valence-corrected chi connectivity index (χ1v) is 11.1. The lowest BCUT2D eigenvalue weighted by Gasteiger charge is -2.39. The maximum atomic E-state index is 13.0. The van der Waals surface area contributed by atoms with Crippen molar-refractivity contribution >= 4 is 17.4 Å². The van der Waals surface area contributed by atoms with Gasteiger partial charge in [-0.1, -0.05) is 6.07 Å². The Morgan fingerprint density at radius 2 is 1.94 bits per heavy atom. The fraction of sp³-hybridized carbons (Fsp3) is 0.320. The van der Waals surface area contributed by atoms with Crippen LogP contribution in [0.4, 0.5) is 24.7 Å². The Morgan fingerprint density at radius 3 is 2.58 bits per heavy atom. The molecule has 2 aromatic heterocycles. The average Bonchev–Trinajstić information content (AvgIpc) is 2.83. The number of benzene rings is 1. The fourth-order valence-electron chi connectivity index (χ4n) is 3.82. The number of hydrogen-bond acceptors (Lipinski definition) is 7. The number of aryl methyl sites for hydroxylation is 1. The minimum Gasteiger partial charge on any atom is -0.395 e. The third kappa shape index (κ3) is 5.18. The molecule has 3 heterocycles. The van der Waals surface area contributed by atoms with Crippen molar-refractivity contribution in [1.29, 1.82) is 0 Å². The summed E-state index contributed by atoms with van der Waals surface area (Å²) in [6, 6.07) is 10.8. The molecule has 3 N–H and O–H groups in total. The first kappa shape index (κ1) is 25.5. The number of aromatic nitrogens is 2. The second-order valence-corrected chi connectivity index (χ2v) is 8.35. The summed E-state index contributed by atoms with van der Waals surface area (Å²) in [7, 11) is 1.59. The molecule has 0 aliphatic carbocycles. The molecule has 1 aromatic carbocycles. The molecule has 4 rings (SSSR count). The second kappa shape index (κ2) is 10.2. The maximum Gasteiger partial charge on any atom is 0.433 e. The van der Waals surface area contributed by atoms with Crippen LogP contribution in [-0.4, -0.2) is 54.5 Å². The highest BCUT2D eigenvalue weighted by Crippen LogP contribution is 2.37. The molecular formula is C25H25F3N4O4. The molecule has 8 nitrogen and oxygen atoms in total. The summed E-state index contributed by atoms with van der Waals surface area (Å²) < 4.78 is 49.9. The van der Waals surface area contributed by atoms with Crippen molar-refractivity contribution in [2.45, 2.75) is 18.7 Å². The number of amides is 1. The lowest BCUT2D eigenvalue weighted by atomic mass is 9.94. The summed E-state index contributed by atoms with van der Waals surface area (Å²) in [4.78, 5) is 20.7. The van der Waals surface area contributed by atoms with Crippen LogP contribution in [0.15, 0.2) is 48.7 Å². The van der Waals surface area contributed by atoms with Crippen molar-refractivity contribution in [3.63, 3.8) is 0 Å². The molecule has 1 amide bonds. The largest absolute Gasteiger partial charge is 0.433 e. The van der Waals surface area contributed by atoms with Crippen LogP contribution in [-0.2, 0) is 21.3 Å². The summed E-state index contributed by atoms with van der Waals surface area (Å²) in [5.41, 5.74) is 1.47. The first-order chi connectivity index (χ1) is 17.2. The van der Waals surface area contributed by atoms with E-state index >= 15 is 0 Å². The summed E-state index contributed by atoms with van der Waals surface area (Å²) in [6.45, 7) is 2.80. The normalized spacial score (nSPS) is 14.7. The number of alkyl halides is 3. The van der Waals surface area contributed by atoms with Gasteiger partial charge in [-0.25, -0.2) is 4.98 Å². The fourth-order valence-corrected chi connectivity index (χ4v) is 3.82. The van der Waals surface area contributed by atoms with E-state index in [0.717, 1.165) is 22.9 Å². The van der Waals surface area contributed by atoms with Crippen LogP contribution in [0.3, 0.4) is 0 Å². The Hall–Kier alpha value is -3.54. The summed E-state index contributed by atoms with van der Waals surface area (Å²) in [6.07, 6.45) is -3.71.